The fraction of sp³-hybridized carbons (Fsp3) is 0.0769. The van der Waals surface area contributed by atoms with Crippen LogP contribution in [0.4, 0.5) is 0 Å². The Morgan fingerprint density at radius 1 is 0.933 bits per heavy atom. The Morgan fingerprint density at radius 3 is 2.40 bits per heavy atom. The van der Waals surface area contributed by atoms with Crippen molar-refractivity contribution in [1.29, 1.82) is 0 Å². The van der Waals surface area contributed by atoms with E-state index in [9.17, 15) is 0 Å². The average molecular weight is 326 g/mol. The number of halogens is 2. The number of hydrogen-bond acceptors (Lipinski definition) is 0. The van der Waals surface area contributed by atoms with Gasteiger partial charge in [-0.15, -0.1) is 0 Å². The van der Waals surface area contributed by atoms with Crippen LogP contribution in [0.2, 0.25) is 0 Å². The molecule has 0 unspecified atom stereocenters. The summed E-state index contributed by atoms with van der Waals surface area (Å²) in [7, 11) is 0. The van der Waals surface area contributed by atoms with Gasteiger partial charge in [-0.3, -0.25) is 0 Å². The first-order valence-electron chi connectivity index (χ1n) is 4.69. The molecule has 2 aromatic rings. The molecule has 0 atom stereocenters. The Bertz CT molecular complexity index is 490. The third-order valence-corrected chi connectivity index (χ3v) is 3.76. The quantitative estimate of drug-likeness (QED) is 0.677. The van der Waals surface area contributed by atoms with Gasteiger partial charge in [-0.1, -0.05) is 56.1 Å². The number of benzene rings is 2. The summed E-state index contributed by atoms with van der Waals surface area (Å²) in [5.74, 6) is 0. The molecular weight excluding hydrogens is 316 g/mol. The Hall–Kier alpha value is -0.600. The van der Waals surface area contributed by atoms with Crippen LogP contribution in [0, 0.1) is 6.92 Å². The van der Waals surface area contributed by atoms with Crippen molar-refractivity contribution in [3.05, 3.63) is 57.0 Å². The smallest absolute Gasteiger partial charge is 0.0210 e. The lowest BCUT2D eigenvalue weighted by molar-refractivity contribution is 1.42. The molecule has 0 aliphatic rings. The lowest BCUT2D eigenvalue weighted by Crippen LogP contribution is -1.84. The predicted octanol–water partition coefficient (Wildman–Crippen LogP) is 5.19. The van der Waals surface area contributed by atoms with E-state index in [0.29, 0.717) is 0 Å². The van der Waals surface area contributed by atoms with Gasteiger partial charge in [0, 0.05) is 8.95 Å². The fourth-order valence-corrected chi connectivity index (χ4v) is 2.34. The molecule has 0 saturated heterocycles. The molecule has 0 aliphatic carbocycles. The summed E-state index contributed by atoms with van der Waals surface area (Å²) in [4.78, 5) is 0. The minimum absolute atomic E-state index is 1.11. The maximum atomic E-state index is 3.55. The van der Waals surface area contributed by atoms with Gasteiger partial charge in [-0.2, -0.15) is 0 Å². The maximum Gasteiger partial charge on any atom is 0.0210 e. The molecule has 15 heavy (non-hydrogen) atoms. The number of rotatable bonds is 1. The van der Waals surface area contributed by atoms with E-state index in [1.807, 2.05) is 6.07 Å². The van der Waals surface area contributed by atoms with E-state index >= 15 is 0 Å². The van der Waals surface area contributed by atoms with Gasteiger partial charge >= 0.3 is 0 Å². The molecule has 0 saturated carbocycles. The van der Waals surface area contributed by atoms with Gasteiger partial charge in [0.1, 0.15) is 0 Å². The second-order valence-electron chi connectivity index (χ2n) is 3.42. The first kappa shape index (κ1) is 10.9. The van der Waals surface area contributed by atoms with Gasteiger partial charge in [0.2, 0.25) is 0 Å². The summed E-state index contributed by atoms with van der Waals surface area (Å²) in [5, 5.41) is 0. The van der Waals surface area contributed by atoms with Crippen molar-refractivity contribution in [2.75, 3.05) is 0 Å². The third kappa shape index (κ3) is 2.32. The summed E-state index contributed by atoms with van der Waals surface area (Å²) >= 11 is 7.04. The van der Waals surface area contributed by atoms with E-state index in [0.717, 1.165) is 8.95 Å². The molecule has 0 radical (unpaired) electrons. The molecule has 2 aromatic carbocycles. The Kier molecular flexibility index (Phi) is 3.27. The molecule has 0 fully saturated rings. The zero-order valence-corrected chi connectivity index (χ0v) is 11.5. The highest BCUT2D eigenvalue weighted by molar-refractivity contribution is 9.10. The average Bonchev–Trinajstić information content (AvgIpc) is 2.22. The maximum absolute atomic E-state index is 3.55. The predicted molar refractivity (Wildman–Crippen MR) is 72.0 cm³/mol. The second kappa shape index (κ2) is 4.50. The lowest BCUT2D eigenvalue weighted by Gasteiger charge is -2.07. The van der Waals surface area contributed by atoms with E-state index < -0.39 is 0 Å². The molecule has 2 rings (SSSR count). The molecule has 0 spiro atoms. The topological polar surface area (TPSA) is 0 Å². The summed E-state index contributed by atoms with van der Waals surface area (Å²) < 4.78 is 2.26. The van der Waals surface area contributed by atoms with Gasteiger partial charge in [0.25, 0.3) is 0 Å². The highest BCUT2D eigenvalue weighted by atomic mass is 79.9. The minimum Gasteiger partial charge on any atom is -0.0605 e. The van der Waals surface area contributed by atoms with Crippen LogP contribution in [0.5, 0.6) is 0 Å². The first-order valence-corrected chi connectivity index (χ1v) is 6.28. The van der Waals surface area contributed by atoms with Crippen molar-refractivity contribution in [1.82, 2.24) is 0 Å². The normalized spacial score (nSPS) is 10.3. The highest BCUT2D eigenvalue weighted by Crippen LogP contribution is 2.29. The molecule has 0 aromatic heterocycles. The van der Waals surface area contributed by atoms with Gasteiger partial charge in [-0.05, 0) is 41.8 Å². The van der Waals surface area contributed by atoms with Crippen molar-refractivity contribution < 1.29 is 0 Å². The molecule has 2 heteroatoms. The van der Waals surface area contributed by atoms with Crippen LogP contribution in [0.1, 0.15) is 5.56 Å². The van der Waals surface area contributed by atoms with E-state index in [4.69, 9.17) is 0 Å². The van der Waals surface area contributed by atoms with Crippen molar-refractivity contribution >= 4 is 31.9 Å². The molecule has 0 amide bonds. The van der Waals surface area contributed by atoms with Crippen molar-refractivity contribution in [3.8, 4) is 11.1 Å². The number of hydrogen-bond donors (Lipinski definition) is 0. The summed E-state index contributed by atoms with van der Waals surface area (Å²) in [6.45, 7) is 2.13. The third-order valence-electron chi connectivity index (χ3n) is 2.40. The molecule has 0 nitrogen and oxygen atoms in total. The van der Waals surface area contributed by atoms with Crippen LogP contribution in [-0.4, -0.2) is 0 Å². The molecule has 0 N–H and O–H groups in total. The van der Waals surface area contributed by atoms with Crippen molar-refractivity contribution in [2.24, 2.45) is 0 Å². The Labute approximate surface area is 107 Å². The van der Waals surface area contributed by atoms with Gasteiger partial charge in [0.15, 0.2) is 0 Å². The minimum atomic E-state index is 1.11. The zero-order valence-electron chi connectivity index (χ0n) is 8.30. The summed E-state index contributed by atoms with van der Waals surface area (Å²) in [5.41, 5.74) is 3.78. The first-order chi connectivity index (χ1) is 7.18. The van der Waals surface area contributed by atoms with Crippen LogP contribution < -0.4 is 0 Å². The van der Waals surface area contributed by atoms with Crippen LogP contribution in [-0.2, 0) is 0 Å². The van der Waals surface area contributed by atoms with E-state index in [2.05, 4.69) is 75.2 Å². The van der Waals surface area contributed by atoms with Crippen molar-refractivity contribution in [3.63, 3.8) is 0 Å². The zero-order chi connectivity index (χ0) is 10.8. The highest BCUT2D eigenvalue weighted by Gasteiger charge is 2.04. The van der Waals surface area contributed by atoms with Gasteiger partial charge < -0.3 is 0 Å². The molecule has 76 valence electrons. The second-order valence-corrected chi connectivity index (χ2v) is 5.19. The summed E-state index contributed by atoms with van der Waals surface area (Å²) in [6.07, 6.45) is 0. The Morgan fingerprint density at radius 2 is 1.67 bits per heavy atom. The van der Waals surface area contributed by atoms with Crippen molar-refractivity contribution in [2.45, 2.75) is 6.92 Å². The molecule has 0 bridgehead atoms. The van der Waals surface area contributed by atoms with E-state index in [-0.39, 0.29) is 0 Å². The van der Waals surface area contributed by atoms with Crippen LogP contribution >= 0.6 is 31.9 Å². The van der Waals surface area contributed by atoms with Crippen LogP contribution in [0.3, 0.4) is 0 Å². The van der Waals surface area contributed by atoms with Crippen LogP contribution in [0.25, 0.3) is 11.1 Å². The van der Waals surface area contributed by atoms with Crippen LogP contribution in [0.15, 0.2) is 51.4 Å². The van der Waals surface area contributed by atoms with Gasteiger partial charge in [-0.25, -0.2) is 0 Å². The lowest BCUT2D eigenvalue weighted by atomic mass is 10.0. The SMILES string of the molecule is Cc1c(Br)cccc1-c1cccc(Br)c1. The molecule has 0 heterocycles. The monoisotopic (exact) mass is 324 g/mol. The molecule has 0 aliphatic heterocycles. The van der Waals surface area contributed by atoms with E-state index in [1.54, 1.807) is 0 Å². The Balaban J connectivity index is 2.59. The largest absolute Gasteiger partial charge is 0.0605 e. The molecular formula is C13H10Br2. The summed E-state index contributed by atoms with van der Waals surface area (Å²) in [6, 6.07) is 14.6. The standard InChI is InChI=1S/C13H10Br2/c1-9-12(6-3-7-13(9)15)10-4-2-5-11(14)8-10/h2-8H,1H3. The fourth-order valence-electron chi connectivity index (χ4n) is 1.58. The van der Waals surface area contributed by atoms with Gasteiger partial charge in [0.05, 0.1) is 0 Å². The van der Waals surface area contributed by atoms with E-state index in [1.165, 1.54) is 16.7 Å².